The van der Waals surface area contributed by atoms with Crippen LogP contribution in [0.25, 0.3) is 0 Å². The number of isocyanates is 1. The molecule has 0 saturated carbocycles. The van der Waals surface area contributed by atoms with Gasteiger partial charge in [0.1, 0.15) is 12.4 Å². The third-order valence-electron chi connectivity index (χ3n) is 5.25. The highest BCUT2D eigenvalue weighted by Gasteiger charge is 2.49. The molecule has 5 atom stereocenters. The number of aliphatic imine (C=N–C) groups is 1. The Labute approximate surface area is 198 Å². The van der Waals surface area contributed by atoms with Crippen molar-refractivity contribution in [3.8, 4) is 5.75 Å². The van der Waals surface area contributed by atoms with Crippen LogP contribution in [0.1, 0.15) is 26.2 Å². The molecule has 1 heterocycles. The first-order valence-corrected chi connectivity index (χ1v) is 10.4. The standard InChI is InChI=1S/C21H22ClNO11/c1-10(25)32-8-17-13(6-19(28)29)12(5-18(26)27)14(7-20(30)31)21(34-17)33-16-3-2-11(23-9-24)4-15(16)22/h2-4,12-14,17,21H,5-8H2,1H3,(H,26,27)(H,28,29)(H,30,31)/t12-,13+,14+,17-,21+/m0/s1. The van der Waals surface area contributed by atoms with E-state index in [-0.39, 0.29) is 16.5 Å². The summed E-state index contributed by atoms with van der Waals surface area (Å²) >= 11 is 6.17. The second kappa shape index (κ2) is 12.1. The van der Waals surface area contributed by atoms with E-state index < -0.39 is 79.9 Å². The Morgan fingerprint density at radius 3 is 2.15 bits per heavy atom. The highest BCUT2D eigenvalue weighted by Crippen LogP contribution is 2.43. The monoisotopic (exact) mass is 499 g/mol. The van der Waals surface area contributed by atoms with Gasteiger partial charge in [-0.05, 0) is 24.1 Å². The van der Waals surface area contributed by atoms with E-state index >= 15 is 0 Å². The number of halogens is 1. The molecule has 0 aromatic heterocycles. The van der Waals surface area contributed by atoms with Crippen molar-refractivity contribution in [3.63, 3.8) is 0 Å². The maximum absolute atomic E-state index is 11.6. The Balaban J connectivity index is 2.49. The van der Waals surface area contributed by atoms with E-state index in [4.69, 9.17) is 25.8 Å². The van der Waals surface area contributed by atoms with Crippen molar-refractivity contribution >= 4 is 47.2 Å². The fraction of sp³-hybridized carbons (Fsp3) is 0.476. The molecule has 0 bridgehead atoms. The number of esters is 1. The van der Waals surface area contributed by atoms with E-state index in [1.54, 1.807) is 0 Å². The fourth-order valence-corrected chi connectivity index (χ4v) is 4.14. The molecule has 1 fully saturated rings. The first-order valence-electron chi connectivity index (χ1n) is 10.00. The summed E-state index contributed by atoms with van der Waals surface area (Å²) in [5.74, 6) is -7.58. The summed E-state index contributed by atoms with van der Waals surface area (Å²) in [5.41, 5.74) is 0.178. The maximum atomic E-state index is 11.6. The Bertz CT molecular complexity index is 991. The lowest BCUT2D eigenvalue weighted by Gasteiger charge is -2.45. The van der Waals surface area contributed by atoms with E-state index in [2.05, 4.69) is 4.99 Å². The Hall–Kier alpha value is -3.47. The summed E-state index contributed by atoms with van der Waals surface area (Å²) < 4.78 is 16.6. The summed E-state index contributed by atoms with van der Waals surface area (Å²) in [4.78, 5) is 59.9. The highest BCUT2D eigenvalue weighted by molar-refractivity contribution is 6.32. The Morgan fingerprint density at radius 2 is 1.62 bits per heavy atom. The highest BCUT2D eigenvalue weighted by atomic mass is 35.5. The van der Waals surface area contributed by atoms with Gasteiger partial charge in [0.05, 0.1) is 29.7 Å². The lowest BCUT2D eigenvalue weighted by molar-refractivity contribution is -0.237. The zero-order valence-electron chi connectivity index (χ0n) is 17.9. The van der Waals surface area contributed by atoms with Gasteiger partial charge in [-0.1, -0.05) is 11.6 Å². The number of aliphatic carboxylic acids is 3. The van der Waals surface area contributed by atoms with Crippen LogP contribution in [0.4, 0.5) is 5.69 Å². The van der Waals surface area contributed by atoms with Crippen LogP contribution in [0.2, 0.25) is 5.02 Å². The first-order chi connectivity index (χ1) is 16.0. The van der Waals surface area contributed by atoms with Crippen LogP contribution in [0, 0.1) is 17.8 Å². The second-order valence-corrected chi connectivity index (χ2v) is 7.97. The molecule has 0 spiro atoms. The third kappa shape index (κ3) is 7.55. The summed E-state index contributed by atoms with van der Waals surface area (Å²) in [6.45, 7) is 0.734. The molecule has 34 heavy (non-hydrogen) atoms. The summed E-state index contributed by atoms with van der Waals surface area (Å²) in [5, 5.41) is 28.3. The maximum Gasteiger partial charge on any atom is 0.303 e. The van der Waals surface area contributed by atoms with Gasteiger partial charge in [-0.15, -0.1) is 0 Å². The van der Waals surface area contributed by atoms with Gasteiger partial charge in [0.25, 0.3) is 0 Å². The third-order valence-corrected chi connectivity index (χ3v) is 5.55. The average Bonchev–Trinajstić information content (AvgIpc) is 2.72. The molecule has 3 N–H and O–H groups in total. The SMILES string of the molecule is CC(=O)OC[C@@H]1O[C@@H](Oc2ccc(N=C=O)cc2Cl)[C@H](CC(=O)O)[C@@H](CC(=O)O)[C@H]1CC(=O)O. The molecule has 1 aliphatic heterocycles. The van der Waals surface area contributed by atoms with Crippen molar-refractivity contribution in [3.05, 3.63) is 23.2 Å². The summed E-state index contributed by atoms with van der Waals surface area (Å²) in [7, 11) is 0. The number of carbonyl (C=O) groups excluding carboxylic acids is 2. The second-order valence-electron chi connectivity index (χ2n) is 7.57. The molecule has 1 saturated heterocycles. The van der Waals surface area contributed by atoms with Crippen LogP contribution in [0.3, 0.4) is 0 Å². The fourth-order valence-electron chi connectivity index (χ4n) is 3.92. The number of rotatable bonds is 11. The average molecular weight is 500 g/mol. The van der Waals surface area contributed by atoms with Gasteiger partial charge in [0.15, 0.2) is 0 Å². The molecule has 12 nitrogen and oxygen atoms in total. The molecule has 2 rings (SSSR count). The van der Waals surface area contributed by atoms with Crippen molar-refractivity contribution < 1.29 is 53.5 Å². The minimum Gasteiger partial charge on any atom is -0.481 e. The predicted octanol–water partition coefficient (Wildman–Crippen LogP) is 2.25. The number of hydrogen-bond donors (Lipinski definition) is 3. The lowest BCUT2D eigenvalue weighted by atomic mass is 9.71. The van der Waals surface area contributed by atoms with E-state index in [1.165, 1.54) is 24.3 Å². The molecule has 1 aliphatic rings. The normalized spacial score (nSPS) is 23.9. The summed E-state index contributed by atoms with van der Waals surface area (Å²) in [6, 6.07) is 4.00. The molecule has 184 valence electrons. The molecular formula is C21H22ClNO11. The molecule has 0 radical (unpaired) electrons. The van der Waals surface area contributed by atoms with Gasteiger partial charge in [0, 0.05) is 25.2 Å². The van der Waals surface area contributed by atoms with Crippen LogP contribution in [-0.2, 0) is 33.4 Å². The molecule has 0 aliphatic carbocycles. The predicted molar refractivity (Wildman–Crippen MR) is 112 cm³/mol. The van der Waals surface area contributed by atoms with Gasteiger partial charge >= 0.3 is 23.9 Å². The van der Waals surface area contributed by atoms with Crippen LogP contribution in [-0.4, -0.2) is 64.3 Å². The molecule has 1 aromatic carbocycles. The molecule has 0 amide bonds. The number of ether oxygens (including phenoxy) is 3. The quantitative estimate of drug-likeness (QED) is 0.230. The lowest BCUT2D eigenvalue weighted by Crippen LogP contribution is -2.53. The van der Waals surface area contributed by atoms with Crippen LogP contribution >= 0.6 is 11.6 Å². The molecular weight excluding hydrogens is 478 g/mol. The number of carboxylic acids is 3. The number of nitrogens with zero attached hydrogens (tertiary/aromatic N) is 1. The van der Waals surface area contributed by atoms with E-state index in [0.717, 1.165) is 6.92 Å². The van der Waals surface area contributed by atoms with Crippen molar-refractivity contribution in [1.29, 1.82) is 0 Å². The zero-order chi connectivity index (χ0) is 25.4. The van der Waals surface area contributed by atoms with Gasteiger partial charge in [-0.3, -0.25) is 19.2 Å². The van der Waals surface area contributed by atoms with Crippen LogP contribution in [0.5, 0.6) is 5.75 Å². The largest absolute Gasteiger partial charge is 0.481 e. The topological polar surface area (TPSA) is 186 Å². The van der Waals surface area contributed by atoms with E-state index in [9.17, 15) is 39.3 Å². The number of carboxylic acid groups (broad SMARTS) is 3. The Kier molecular flexibility index (Phi) is 9.55. The Morgan fingerprint density at radius 1 is 1.03 bits per heavy atom. The molecule has 0 unspecified atom stereocenters. The summed E-state index contributed by atoms with van der Waals surface area (Å²) in [6.07, 6.45) is -2.83. The zero-order valence-corrected chi connectivity index (χ0v) is 18.6. The molecule has 1 aromatic rings. The first kappa shape index (κ1) is 26.8. The van der Waals surface area contributed by atoms with E-state index in [0.29, 0.717) is 0 Å². The van der Waals surface area contributed by atoms with Crippen LogP contribution in [0.15, 0.2) is 23.2 Å². The van der Waals surface area contributed by atoms with Crippen molar-refractivity contribution in [1.82, 2.24) is 0 Å². The van der Waals surface area contributed by atoms with Gasteiger partial charge < -0.3 is 29.5 Å². The number of benzene rings is 1. The van der Waals surface area contributed by atoms with Gasteiger partial charge in [-0.2, -0.15) is 4.99 Å². The van der Waals surface area contributed by atoms with Crippen molar-refractivity contribution in [2.45, 2.75) is 38.6 Å². The minimum absolute atomic E-state index is 0.00634. The number of hydrogen-bond acceptors (Lipinski definition) is 9. The van der Waals surface area contributed by atoms with Gasteiger partial charge in [-0.25, -0.2) is 4.79 Å². The van der Waals surface area contributed by atoms with Crippen molar-refractivity contribution in [2.24, 2.45) is 22.7 Å². The minimum atomic E-state index is -1.37. The van der Waals surface area contributed by atoms with E-state index in [1.807, 2.05) is 0 Å². The van der Waals surface area contributed by atoms with Crippen molar-refractivity contribution in [2.75, 3.05) is 6.61 Å². The smallest absolute Gasteiger partial charge is 0.303 e. The van der Waals surface area contributed by atoms with Crippen LogP contribution < -0.4 is 4.74 Å². The number of carbonyl (C=O) groups is 4. The van der Waals surface area contributed by atoms with Gasteiger partial charge in [0.2, 0.25) is 12.4 Å². The molecule has 13 heteroatoms.